The first-order valence-corrected chi connectivity index (χ1v) is 7.82. The number of ether oxygens (including phenoxy) is 2. The van der Waals surface area contributed by atoms with Gasteiger partial charge in [0.25, 0.3) is 5.91 Å². The van der Waals surface area contributed by atoms with E-state index in [0.717, 1.165) is 0 Å². The lowest BCUT2D eigenvalue weighted by Crippen LogP contribution is -2.40. The fourth-order valence-corrected chi connectivity index (χ4v) is 2.63. The lowest BCUT2D eigenvalue weighted by molar-refractivity contribution is -0.149. The van der Waals surface area contributed by atoms with E-state index in [1.165, 1.54) is 45.3 Å². The topological polar surface area (TPSA) is 111 Å². The molecular formula is C13H18N2O6S. The molecule has 1 rings (SSSR count). The van der Waals surface area contributed by atoms with Crippen molar-refractivity contribution in [3.63, 3.8) is 0 Å². The number of rotatable bonds is 7. The van der Waals surface area contributed by atoms with Gasteiger partial charge in [-0.15, -0.1) is 0 Å². The number of methoxy groups -OCH3 is 1. The third kappa shape index (κ3) is 5.01. The molecule has 0 aromatic heterocycles. The highest BCUT2D eigenvalue weighted by molar-refractivity contribution is 7.89. The summed E-state index contributed by atoms with van der Waals surface area (Å²) in [6.07, 6.45) is 0. The van der Waals surface area contributed by atoms with E-state index < -0.39 is 34.5 Å². The molecule has 1 aromatic carbocycles. The Morgan fingerprint density at radius 3 is 2.32 bits per heavy atom. The fourth-order valence-electron chi connectivity index (χ4n) is 1.44. The molecule has 1 atom stereocenters. The van der Waals surface area contributed by atoms with Crippen LogP contribution in [0, 0.1) is 0 Å². The van der Waals surface area contributed by atoms with Crippen LogP contribution in [-0.2, 0) is 24.3 Å². The van der Waals surface area contributed by atoms with Crippen molar-refractivity contribution in [2.75, 3.05) is 20.8 Å². The van der Waals surface area contributed by atoms with Crippen molar-refractivity contribution in [3.05, 3.63) is 24.3 Å². The highest BCUT2D eigenvalue weighted by Gasteiger charge is 2.23. The molecule has 0 spiro atoms. The van der Waals surface area contributed by atoms with Crippen LogP contribution >= 0.6 is 0 Å². The molecule has 22 heavy (non-hydrogen) atoms. The molecule has 9 heteroatoms. The Hall–Kier alpha value is -2.13. The first kappa shape index (κ1) is 17.9. The number of likely N-dealkylation sites (N-methyl/N-ethyl adjacent to an activating group) is 1. The van der Waals surface area contributed by atoms with E-state index in [1.54, 1.807) is 0 Å². The second-order valence-corrected chi connectivity index (χ2v) is 6.01. The molecule has 8 nitrogen and oxygen atoms in total. The van der Waals surface area contributed by atoms with Gasteiger partial charge in [-0.2, -0.15) is 4.72 Å². The average molecular weight is 330 g/mol. The summed E-state index contributed by atoms with van der Waals surface area (Å²) in [6.45, 7) is 0.858. The highest BCUT2D eigenvalue weighted by atomic mass is 32.2. The summed E-state index contributed by atoms with van der Waals surface area (Å²) in [5.74, 6) is -0.823. The minimum absolute atomic E-state index is 0.0146. The van der Waals surface area contributed by atoms with Crippen LogP contribution in [0.25, 0.3) is 0 Å². The number of benzene rings is 1. The third-order valence-electron chi connectivity index (χ3n) is 2.68. The quantitative estimate of drug-likeness (QED) is 0.661. The van der Waals surface area contributed by atoms with Gasteiger partial charge in [0.15, 0.2) is 6.61 Å². The first-order valence-electron chi connectivity index (χ1n) is 6.33. The third-order valence-corrected chi connectivity index (χ3v) is 4.24. The van der Waals surface area contributed by atoms with Crippen LogP contribution in [0.4, 0.5) is 0 Å². The minimum atomic E-state index is -3.88. The molecule has 0 bridgehead atoms. The fraction of sp³-hybridized carbons (Fsp3) is 0.385. The zero-order chi connectivity index (χ0) is 16.8. The highest BCUT2D eigenvalue weighted by Crippen LogP contribution is 2.15. The molecule has 0 unspecified atom stereocenters. The average Bonchev–Trinajstić information content (AvgIpc) is 2.51. The lowest BCUT2D eigenvalue weighted by atomic mass is 10.3. The largest absolute Gasteiger partial charge is 0.497 e. The van der Waals surface area contributed by atoms with E-state index in [9.17, 15) is 18.0 Å². The van der Waals surface area contributed by atoms with Gasteiger partial charge in [-0.1, -0.05) is 0 Å². The first-order chi connectivity index (χ1) is 10.3. The van der Waals surface area contributed by atoms with E-state index in [2.05, 4.69) is 14.8 Å². The summed E-state index contributed by atoms with van der Waals surface area (Å²) in [4.78, 5) is 22.6. The second-order valence-electron chi connectivity index (χ2n) is 4.30. The van der Waals surface area contributed by atoms with Gasteiger partial charge in [0.05, 0.1) is 12.0 Å². The standard InChI is InChI=1S/C13H18N2O6S/c1-9(13(17)21-8-12(16)14-2)15-22(18,19)11-6-4-10(20-3)5-7-11/h4-7,9,15H,8H2,1-3H3,(H,14,16)/t9-/m0/s1. The Labute approximate surface area is 128 Å². The second kappa shape index (κ2) is 7.76. The normalized spacial score (nSPS) is 12.3. The molecule has 0 fully saturated rings. The Kier molecular flexibility index (Phi) is 6.32. The number of hydrogen-bond donors (Lipinski definition) is 2. The maximum absolute atomic E-state index is 12.1. The predicted octanol–water partition coefficient (Wildman–Crippen LogP) is -0.349. The zero-order valence-corrected chi connectivity index (χ0v) is 13.3. The molecule has 0 saturated heterocycles. The van der Waals surface area contributed by atoms with Crippen molar-refractivity contribution in [3.8, 4) is 5.75 Å². The molecule has 0 radical (unpaired) electrons. The van der Waals surface area contributed by atoms with Crippen LogP contribution in [0.15, 0.2) is 29.2 Å². The van der Waals surface area contributed by atoms with E-state index in [1.807, 2.05) is 0 Å². The van der Waals surface area contributed by atoms with E-state index in [4.69, 9.17) is 4.74 Å². The zero-order valence-electron chi connectivity index (χ0n) is 12.5. The van der Waals surface area contributed by atoms with Crippen molar-refractivity contribution in [1.29, 1.82) is 0 Å². The number of nitrogens with one attached hydrogen (secondary N) is 2. The molecule has 0 heterocycles. The van der Waals surface area contributed by atoms with Crippen LogP contribution in [0.1, 0.15) is 6.92 Å². The summed E-state index contributed by atoms with van der Waals surface area (Å²) in [5.41, 5.74) is 0. The van der Waals surface area contributed by atoms with Crippen LogP contribution in [0.5, 0.6) is 5.75 Å². The smallest absolute Gasteiger partial charge is 0.324 e. The van der Waals surface area contributed by atoms with E-state index >= 15 is 0 Å². The molecule has 2 N–H and O–H groups in total. The summed E-state index contributed by atoms with van der Waals surface area (Å²) in [6, 6.07) is 4.55. The Bertz CT molecular complexity index is 626. The van der Waals surface area contributed by atoms with Gasteiger partial charge in [-0.25, -0.2) is 8.42 Å². The number of carbonyl (C=O) groups is 2. The van der Waals surface area contributed by atoms with Gasteiger partial charge in [-0.3, -0.25) is 9.59 Å². The molecule has 122 valence electrons. The van der Waals surface area contributed by atoms with Gasteiger partial charge in [-0.05, 0) is 31.2 Å². The summed E-state index contributed by atoms with van der Waals surface area (Å²) in [5, 5.41) is 2.28. The molecule has 0 saturated carbocycles. The number of sulfonamides is 1. The van der Waals surface area contributed by atoms with Crippen LogP contribution in [0.2, 0.25) is 0 Å². The van der Waals surface area contributed by atoms with Gasteiger partial charge < -0.3 is 14.8 Å². The Morgan fingerprint density at radius 2 is 1.82 bits per heavy atom. The van der Waals surface area contributed by atoms with Crippen molar-refractivity contribution in [2.45, 2.75) is 17.9 Å². The SMILES string of the molecule is CNC(=O)COC(=O)[C@H](C)NS(=O)(=O)c1ccc(OC)cc1. The molecule has 1 amide bonds. The number of hydrogen-bond acceptors (Lipinski definition) is 6. The number of carbonyl (C=O) groups excluding carboxylic acids is 2. The van der Waals surface area contributed by atoms with E-state index in [0.29, 0.717) is 5.75 Å². The Morgan fingerprint density at radius 1 is 1.23 bits per heavy atom. The molecule has 0 aliphatic carbocycles. The van der Waals surface area contributed by atoms with E-state index in [-0.39, 0.29) is 4.90 Å². The van der Waals surface area contributed by atoms with Gasteiger partial charge in [0, 0.05) is 7.05 Å². The van der Waals surface area contributed by atoms with Crippen LogP contribution in [0.3, 0.4) is 0 Å². The van der Waals surface area contributed by atoms with Crippen molar-refractivity contribution in [1.82, 2.24) is 10.0 Å². The predicted molar refractivity (Wildman–Crippen MR) is 77.8 cm³/mol. The molecule has 0 aliphatic heterocycles. The van der Waals surface area contributed by atoms with Gasteiger partial charge in [0.1, 0.15) is 11.8 Å². The maximum Gasteiger partial charge on any atom is 0.324 e. The lowest BCUT2D eigenvalue weighted by Gasteiger charge is -2.13. The number of amides is 1. The van der Waals surface area contributed by atoms with Crippen LogP contribution in [-0.4, -0.2) is 47.1 Å². The number of esters is 1. The molecule has 0 aliphatic rings. The Balaban J connectivity index is 2.70. The minimum Gasteiger partial charge on any atom is -0.497 e. The monoisotopic (exact) mass is 330 g/mol. The van der Waals surface area contributed by atoms with Gasteiger partial charge in [0.2, 0.25) is 10.0 Å². The summed E-state index contributed by atoms with van der Waals surface area (Å²) < 4.78 is 36.0. The maximum atomic E-state index is 12.1. The van der Waals surface area contributed by atoms with Crippen molar-refractivity contribution >= 4 is 21.9 Å². The van der Waals surface area contributed by atoms with Crippen molar-refractivity contribution < 1.29 is 27.5 Å². The van der Waals surface area contributed by atoms with Gasteiger partial charge >= 0.3 is 5.97 Å². The molecule has 1 aromatic rings. The van der Waals surface area contributed by atoms with Crippen molar-refractivity contribution in [2.24, 2.45) is 0 Å². The molecular weight excluding hydrogens is 312 g/mol. The van der Waals surface area contributed by atoms with Crippen LogP contribution < -0.4 is 14.8 Å². The summed E-state index contributed by atoms with van der Waals surface area (Å²) in [7, 11) is -1.02. The summed E-state index contributed by atoms with van der Waals surface area (Å²) >= 11 is 0.